The second-order valence-corrected chi connectivity index (χ2v) is 7.73. The van der Waals surface area contributed by atoms with Crippen LogP contribution in [0.2, 0.25) is 0 Å². The van der Waals surface area contributed by atoms with Crippen LogP contribution in [0.4, 0.5) is 0 Å². The van der Waals surface area contributed by atoms with Gasteiger partial charge in [-0.2, -0.15) is 0 Å². The van der Waals surface area contributed by atoms with Crippen LogP contribution in [0.3, 0.4) is 0 Å². The number of aromatic nitrogens is 1. The molecule has 1 heterocycles. The van der Waals surface area contributed by atoms with Crippen molar-refractivity contribution in [1.29, 1.82) is 0 Å². The Bertz CT molecular complexity index is 879. The van der Waals surface area contributed by atoms with Crippen molar-refractivity contribution in [2.75, 3.05) is 28.4 Å². The van der Waals surface area contributed by atoms with Gasteiger partial charge >= 0.3 is 153 Å². The van der Waals surface area contributed by atoms with Gasteiger partial charge in [0.15, 0.2) is 0 Å². The number of benzene rings is 2. The molecule has 3 aromatic rings. The normalized spacial score (nSPS) is 10.8. The molecule has 0 amide bonds. The first-order valence-electron chi connectivity index (χ1n) is 7.75. The van der Waals surface area contributed by atoms with Gasteiger partial charge in [-0.25, -0.2) is 0 Å². The number of hydrogen-bond acceptors (Lipinski definition) is 4. The number of aromatic amines is 1. The number of H-pyrrole nitrogens is 1. The standard InChI is InChI=1S/C19H21NO4Se/c1-11-19(14-8-12(21-2)6-7-15(14)20-11)25-13-9-16(22-3)18(24-5)17(10-13)23-4/h6-10,20H,1-5H3. The van der Waals surface area contributed by atoms with E-state index in [1.54, 1.807) is 28.4 Å². The number of rotatable bonds is 6. The first-order valence-corrected chi connectivity index (χ1v) is 9.46. The Kier molecular flexibility index (Phi) is 5.11. The summed E-state index contributed by atoms with van der Waals surface area (Å²) in [6, 6.07) is 10.1. The summed E-state index contributed by atoms with van der Waals surface area (Å²) in [5.74, 6) is 2.82. The summed E-state index contributed by atoms with van der Waals surface area (Å²) in [4.78, 5) is 3.45. The van der Waals surface area contributed by atoms with Crippen molar-refractivity contribution < 1.29 is 18.9 Å². The molecule has 1 aromatic heterocycles. The Hall–Kier alpha value is -2.30. The topological polar surface area (TPSA) is 52.7 Å². The fraction of sp³-hybridized carbons (Fsp3) is 0.263. The van der Waals surface area contributed by atoms with Gasteiger partial charge in [0.2, 0.25) is 0 Å². The van der Waals surface area contributed by atoms with Gasteiger partial charge in [0.05, 0.1) is 0 Å². The molecule has 0 aliphatic rings. The predicted octanol–water partition coefficient (Wildman–Crippen LogP) is 2.17. The van der Waals surface area contributed by atoms with Gasteiger partial charge in [-0.1, -0.05) is 0 Å². The summed E-state index contributed by atoms with van der Waals surface area (Å²) < 4.78 is 24.2. The Morgan fingerprint density at radius 2 is 1.52 bits per heavy atom. The zero-order valence-electron chi connectivity index (χ0n) is 14.9. The average molecular weight is 406 g/mol. The molecular formula is C19H21NO4Se. The number of hydrogen-bond donors (Lipinski definition) is 1. The quantitative estimate of drug-likeness (QED) is 0.638. The van der Waals surface area contributed by atoms with Crippen LogP contribution < -0.4 is 27.9 Å². The van der Waals surface area contributed by atoms with E-state index in [0.29, 0.717) is 17.2 Å². The molecule has 25 heavy (non-hydrogen) atoms. The van der Waals surface area contributed by atoms with Crippen LogP contribution in [0, 0.1) is 6.92 Å². The van der Waals surface area contributed by atoms with E-state index in [-0.39, 0.29) is 15.0 Å². The van der Waals surface area contributed by atoms with Crippen molar-refractivity contribution in [2.24, 2.45) is 0 Å². The van der Waals surface area contributed by atoms with Crippen LogP contribution in [0.15, 0.2) is 30.3 Å². The van der Waals surface area contributed by atoms with Gasteiger partial charge in [-0.15, -0.1) is 0 Å². The second-order valence-electron chi connectivity index (χ2n) is 5.45. The van der Waals surface area contributed by atoms with E-state index in [2.05, 4.69) is 24.0 Å². The molecule has 5 nitrogen and oxygen atoms in total. The average Bonchev–Trinajstić information content (AvgIpc) is 2.95. The molecule has 0 aliphatic carbocycles. The molecule has 0 fully saturated rings. The van der Waals surface area contributed by atoms with Crippen molar-refractivity contribution in [3.8, 4) is 23.0 Å². The third kappa shape index (κ3) is 3.28. The molecule has 1 N–H and O–H groups in total. The van der Waals surface area contributed by atoms with E-state index in [0.717, 1.165) is 21.4 Å². The number of methoxy groups -OCH3 is 4. The molecule has 6 heteroatoms. The molecule has 2 aromatic carbocycles. The molecule has 0 spiro atoms. The first kappa shape index (κ1) is 17.5. The van der Waals surface area contributed by atoms with Crippen molar-refractivity contribution in [3.63, 3.8) is 0 Å². The van der Waals surface area contributed by atoms with Gasteiger partial charge in [0.25, 0.3) is 0 Å². The molecule has 0 radical (unpaired) electrons. The summed E-state index contributed by atoms with van der Waals surface area (Å²) in [7, 11) is 6.57. The molecule has 0 saturated carbocycles. The van der Waals surface area contributed by atoms with Gasteiger partial charge in [0.1, 0.15) is 0 Å². The molecule has 0 bridgehead atoms. The molecular weight excluding hydrogens is 385 g/mol. The van der Waals surface area contributed by atoms with Gasteiger partial charge < -0.3 is 0 Å². The molecule has 3 rings (SSSR count). The van der Waals surface area contributed by atoms with Crippen molar-refractivity contribution >= 4 is 34.8 Å². The van der Waals surface area contributed by atoms with E-state index >= 15 is 0 Å². The minimum atomic E-state index is 0.0710. The number of ether oxygens (including phenoxy) is 4. The van der Waals surface area contributed by atoms with Crippen LogP contribution in [-0.2, 0) is 0 Å². The summed E-state index contributed by atoms with van der Waals surface area (Å²) >= 11 is 0.0710. The second kappa shape index (κ2) is 7.30. The maximum atomic E-state index is 5.47. The Morgan fingerprint density at radius 3 is 2.08 bits per heavy atom. The van der Waals surface area contributed by atoms with Crippen molar-refractivity contribution in [1.82, 2.24) is 4.98 Å². The molecule has 0 unspecified atom stereocenters. The zero-order valence-corrected chi connectivity index (χ0v) is 16.6. The van der Waals surface area contributed by atoms with E-state index in [9.17, 15) is 0 Å². The van der Waals surface area contributed by atoms with E-state index < -0.39 is 0 Å². The third-order valence-corrected chi connectivity index (χ3v) is 6.51. The maximum absolute atomic E-state index is 5.47. The monoisotopic (exact) mass is 407 g/mol. The van der Waals surface area contributed by atoms with Gasteiger partial charge in [-0.05, 0) is 0 Å². The number of aryl methyl sites for hydroxylation is 1. The predicted molar refractivity (Wildman–Crippen MR) is 101 cm³/mol. The zero-order chi connectivity index (χ0) is 18.0. The van der Waals surface area contributed by atoms with Crippen LogP contribution in [0.5, 0.6) is 23.0 Å². The van der Waals surface area contributed by atoms with Crippen LogP contribution in [0.1, 0.15) is 5.69 Å². The van der Waals surface area contributed by atoms with Gasteiger partial charge in [0, 0.05) is 0 Å². The first-order chi connectivity index (χ1) is 12.1. The number of fused-ring (bicyclic) bond motifs is 1. The Labute approximate surface area is 153 Å². The fourth-order valence-electron chi connectivity index (χ4n) is 2.77. The van der Waals surface area contributed by atoms with E-state index in [4.69, 9.17) is 18.9 Å². The van der Waals surface area contributed by atoms with Crippen LogP contribution in [0.25, 0.3) is 10.9 Å². The summed E-state index contributed by atoms with van der Waals surface area (Å²) in [5.41, 5.74) is 2.28. The number of nitrogens with one attached hydrogen (secondary N) is 1. The van der Waals surface area contributed by atoms with Crippen LogP contribution in [-0.4, -0.2) is 48.4 Å². The molecule has 0 saturated heterocycles. The van der Waals surface area contributed by atoms with Crippen LogP contribution >= 0.6 is 0 Å². The fourth-order valence-corrected chi connectivity index (χ4v) is 4.98. The van der Waals surface area contributed by atoms with E-state index in [1.807, 2.05) is 18.2 Å². The Morgan fingerprint density at radius 1 is 0.840 bits per heavy atom. The molecule has 132 valence electrons. The molecule has 0 aliphatic heterocycles. The minimum absolute atomic E-state index is 0.0710. The van der Waals surface area contributed by atoms with E-state index in [1.165, 1.54) is 9.85 Å². The summed E-state index contributed by atoms with van der Waals surface area (Å²) in [6.45, 7) is 2.10. The summed E-state index contributed by atoms with van der Waals surface area (Å²) in [6.07, 6.45) is 0. The van der Waals surface area contributed by atoms with Gasteiger partial charge in [-0.3, -0.25) is 0 Å². The molecule has 0 atom stereocenters. The summed E-state index contributed by atoms with van der Waals surface area (Å²) in [5, 5.41) is 1.19. The third-order valence-electron chi connectivity index (χ3n) is 3.99. The SMILES string of the molecule is COc1ccc2[nH]c(C)c([Se]c3cc(OC)c(OC)c(OC)c3)c2c1. The Balaban J connectivity index is 2.08. The van der Waals surface area contributed by atoms with Crippen molar-refractivity contribution in [3.05, 3.63) is 36.0 Å². The van der Waals surface area contributed by atoms with Crippen molar-refractivity contribution in [2.45, 2.75) is 6.92 Å².